The summed E-state index contributed by atoms with van der Waals surface area (Å²) in [6.45, 7) is 13.5. The highest BCUT2D eigenvalue weighted by atomic mass is 28.3. The first-order chi connectivity index (χ1) is 7.20. The molecule has 0 aromatic heterocycles. The zero-order chi connectivity index (χ0) is 12.4. The van der Waals surface area contributed by atoms with E-state index in [4.69, 9.17) is 4.66 Å². The molecule has 1 aromatic carbocycles. The van der Waals surface area contributed by atoms with Gasteiger partial charge in [0.15, 0.2) is 8.24 Å². The molecular weight excluding hydrogens is 210 g/mol. The molecule has 0 saturated carbocycles. The zero-order valence-corrected chi connectivity index (χ0v) is 12.3. The monoisotopic (exact) mass is 233 g/mol. The molecule has 0 atom stereocenters. The van der Waals surface area contributed by atoms with Gasteiger partial charge in [-0.3, -0.25) is 0 Å². The predicted octanol–water partition coefficient (Wildman–Crippen LogP) is 4.36. The number of rotatable bonds is 2. The Morgan fingerprint density at radius 1 is 1.00 bits per heavy atom. The maximum atomic E-state index is 5.01. The molecule has 0 fully saturated rings. The normalized spacial score (nSPS) is 14.0. The van der Waals surface area contributed by atoms with Crippen LogP contribution >= 0.6 is 0 Å². The fraction of sp³-hybridized carbons (Fsp3) is 0.500. The van der Waals surface area contributed by atoms with E-state index in [1.165, 1.54) is 11.3 Å². The molecule has 1 nitrogen and oxygen atoms in total. The van der Waals surface area contributed by atoms with Gasteiger partial charge in [-0.1, -0.05) is 51.1 Å². The van der Waals surface area contributed by atoms with Crippen molar-refractivity contribution >= 4 is 13.9 Å². The van der Waals surface area contributed by atoms with Crippen molar-refractivity contribution in [1.82, 2.24) is 0 Å². The minimum absolute atomic E-state index is 0.113. The Kier molecular flexibility index (Phi) is 3.74. The maximum Gasteiger partial charge on any atom is 0.172 e. The van der Waals surface area contributed by atoms with Gasteiger partial charge in [-0.25, -0.2) is 0 Å². The second kappa shape index (κ2) is 4.54. The van der Waals surface area contributed by atoms with Crippen LogP contribution in [0, 0.1) is 5.41 Å². The third-order valence-electron chi connectivity index (χ3n) is 2.20. The molecule has 0 saturated heterocycles. The topological polar surface area (TPSA) is 12.4 Å². The Bertz CT molecular complexity index is 366. The summed E-state index contributed by atoms with van der Waals surface area (Å²) in [5.41, 5.74) is 2.62. The van der Waals surface area contributed by atoms with Crippen molar-refractivity contribution < 1.29 is 0 Å². The lowest BCUT2D eigenvalue weighted by Crippen LogP contribution is -2.28. The molecule has 0 N–H and O–H groups in total. The quantitative estimate of drug-likeness (QED) is 0.532. The molecule has 0 bridgehead atoms. The molecular formula is C14H23NSi. The predicted molar refractivity (Wildman–Crippen MR) is 75.8 cm³/mol. The number of hydrogen-bond donors (Lipinski definition) is 0. The van der Waals surface area contributed by atoms with E-state index in [0.717, 1.165) is 0 Å². The van der Waals surface area contributed by atoms with Crippen LogP contribution < -0.4 is 0 Å². The van der Waals surface area contributed by atoms with Crippen molar-refractivity contribution in [3.05, 3.63) is 35.9 Å². The standard InChI is InChI=1S/C14H23NSi/c1-14(2,3)13(15-16(4,5)6)12-10-8-7-9-11-12/h7-11H,1-6H3/b15-13+. The molecule has 16 heavy (non-hydrogen) atoms. The zero-order valence-electron chi connectivity index (χ0n) is 11.3. The van der Waals surface area contributed by atoms with Crippen molar-refractivity contribution in [2.24, 2.45) is 10.1 Å². The molecule has 0 aliphatic heterocycles. The minimum atomic E-state index is -1.42. The largest absolute Gasteiger partial charge is 0.325 e. The van der Waals surface area contributed by atoms with Gasteiger partial charge in [0.05, 0.1) is 0 Å². The minimum Gasteiger partial charge on any atom is -0.325 e. The van der Waals surface area contributed by atoms with Crippen LogP contribution in [0.1, 0.15) is 26.3 Å². The number of hydrogen-bond acceptors (Lipinski definition) is 1. The third-order valence-corrected chi connectivity index (χ3v) is 3.10. The molecule has 88 valence electrons. The van der Waals surface area contributed by atoms with E-state index >= 15 is 0 Å². The van der Waals surface area contributed by atoms with Crippen LogP contribution in [0.3, 0.4) is 0 Å². The van der Waals surface area contributed by atoms with Crippen LogP contribution in [0.4, 0.5) is 0 Å². The summed E-state index contributed by atoms with van der Waals surface area (Å²) in [5.74, 6) is 0. The van der Waals surface area contributed by atoms with Crippen molar-refractivity contribution in [3.63, 3.8) is 0 Å². The molecule has 1 aromatic rings. The lowest BCUT2D eigenvalue weighted by molar-refractivity contribution is 0.593. The molecule has 2 heteroatoms. The summed E-state index contributed by atoms with van der Waals surface area (Å²) in [6, 6.07) is 10.5. The SMILES string of the molecule is CC(C)(C)/C(=N/[Si](C)(C)C)c1ccccc1. The second-order valence-electron chi connectivity index (χ2n) is 6.25. The molecule has 0 radical (unpaired) electrons. The van der Waals surface area contributed by atoms with Crippen molar-refractivity contribution in [1.29, 1.82) is 0 Å². The molecule has 0 unspecified atom stereocenters. The highest BCUT2D eigenvalue weighted by Gasteiger charge is 2.23. The summed E-state index contributed by atoms with van der Waals surface area (Å²) in [6.07, 6.45) is 0. The van der Waals surface area contributed by atoms with Crippen LogP contribution in [0.25, 0.3) is 0 Å². The molecule has 0 aliphatic carbocycles. The molecule has 0 heterocycles. The van der Waals surface area contributed by atoms with Gasteiger partial charge in [-0.15, -0.1) is 0 Å². The van der Waals surface area contributed by atoms with E-state index in [9.17, 15) is 0 Å². The lowest BCUT2D eigenvalue weighted by atomic mass is 9.86. The Morgan fingerprint density at radius 2 is 1.50 bits per heavy atom. The van der Waals surface area contributed by atoms with E-state index in [1.54, 1.807) is 0 Å². The molecule has 0 amide bonds. The van der Waals surface area contributed by atoms with Crippen LogP contribution in [0.5, 0.6) is 0 Å². The van der Waals surface area contributed by atoms with Gasteiger partial charge >= 0.3 is 0 Å². The first-order valence-corrected chi connectivity index (χ1v) is 9.31. The van der Waals surface area contributed by atoms with Crippen LogP contribution in [0.15, 0.2) is 35.0 Å². The van der Waals surface area contributed by atoms with Gasteiger partial charge in [0.25, 0.3) is 0 Å². The summed E-state index contributed by atoms with van der Waals surface area (Å²) in [5, 5.41) is 0. The first-order valence-electron chi connectivity index (χ1n) is 5.86. The van der Waals surface area contributed by atoms with Gasteiger partial charge in [-0.05, 0) is 25.2 Å². The second-order valence-corrected chi connectivity index (χ2v) is 10.8. The highest BCUT2D eigenvalue weighted by Crippen LogP contribution is 2.24. The van der Waals surface area contributed by atoms with Crippen molar-refractivity contribution in [3.8, 4) is 0 Å². The van der Waals surface area contributed by atoms with Gasteiger partial charge in [-0.2, -0.15) is 0 Å². The number of benzene rings is 1. The van der Waals surface area contributed by atoms with E-state index in [-0.39, 0.29) is 5.41 Å². The van der Waals surface area contributed by atoms with Crippen LogP contribution in [-0.2, 0) is 0 Å². The third kappa shape index (κ3) is 3.93. The Balaban J connectivity index is 3.24. The van der Waals surface area contributed by atoms with Crippen LogP contribution in [0.2, 0.25) is 19.6 Å². The van der Waals surface area contributed by atoms with Gasteiger partial charge in [0, 0.05) is 11.1 Å². The summed E-state index contributed by atoms with van der Waals surface area (Å²) < 4.78 is 5.01. The average molecular weight is 233 g/mol. The number of nitrogens with zero attached hydrogens (tertiary/aromatic N) is 1. The van der Waals surface area contributed by atoms with Crippen molar-refractivity contribution in [2.75, 3.05) is 0 Å². The Hall–Kier alpha value is -0.893. The van der Waals surface area contributed by atoms with Crippen LogP contribution in [-0.4, -0.2) is 13.9 Å². The van der Waals surface area contributed by atoms with E-state index in [2.05, 4.69) is 70.7 Å². The molecule has 1 rings (SSSR count). The fourth-order valence-corrected chi connectivity index (χ4v) is 2.73. The first kappa shape index (κ1) is 13.2. The summed E-state index contributed by atoms with van der Waals surface area (Å²) in [4.78, 5) is 0. The lowest BCUT2D eigenvalue weighted by Gasteiger charge is -2.25. The Labute approximate surface area is 101 Å². The van der Waals surface area contributed by atoms with E-state index in [0.29, 0.717) is 0 Å². The van der Waals surface area contributed by atoms with Crippen molar-refractivity contribution in [2.45, 2.75) is 40.4 Å². The molecule has 0 aliphatic rings. The average Bonchev–Trinajstić information content (AvgIpc) is 2.13. The highest BCUT2D eigenvalue weighted by molar-refractivity contribution is 6.75. The van der Waals surface area contributed by atoms with E-state index < -0.39 is 8.24 Å². The Morgan fingerprint density at radius 3 is 1.88 bits per heavy atom. The van der Waals surface area contributed by atoms with Gasteiger partial charge in [0.1, 0.15) is 0 Å². The maximum absolute atomic E-state index is 5.01. The van der Waals surface area contributed by atoms with Gasteiger partial charge < -0.3 is 4.66 Å². The fourth-order valence-electron chi connectivity index (χ4n) is 1.60. The smallest absolute Gasteiger partial charge is 0.172 e. The van der Waals surface area contributed by atoms with E-state index in [1.807, 2.05) is 0 Å². The summed E-state index contributed by atoms with van der Waals surface area (Å²) in [7, 11) is -1.42. The molecule has 0 spiro atoms. The summed E-state index contributed by atoms with van der Waals surface area (Å²) >= 11 is 0. The van der Waals surface area contributed by atoms with Gasteiger partial charge in [0.2, 0.25) is 0 Å².